The van der Waals surface area contributed by atoms with Crippen LogP contribution in [0, 0.1) is 4.91 Å². The smallest absolute Gasteiger partial charge is 0.163 e. The van der Waals surface area contributed by atoms with Gasteiger partial charge in [0.15, 0.2) is 5.75 Å². The van der Waals surface area contributed by atoms with Gasteiger partial charge in [-0.1, -0.05) is 17.7 Å². The Morgan fingerprint density at radius 1 is 1.37 bits per heavy atom. The first-order valence-corrected chi connectivity index (χ1v) is 6.93. The summed E-state index contributed by atoms with van der Waals surface area (Å²) in [7, 11) is 0. The highest BCUT2D eigenvalue weighted by molar-refractivity contribution is 6.32. The second kappa shape index (κ2) is 5.35. The number of nitroso groups, excluding NO2 is 1. The lowest BCUT2D eigenvalue weighted by Gasteiger charge is -2.34. The van der Waals surface area contributed by atoms with E-state index in [-0.39, 0.29) is 6.04 Å². The number of hydrogen-bond donors (Lipinski definition) is 0. The first-order chi connectivity index (χ1) is 9.29. The van der Waals surface area contributed by atoms with Gasteiger partial charge >= 0.3 is 0 Å². The number of nitrogens with zero attached hydrogens (tertiary/aromatic N) is 3. The molecular weight excluding hydrogens is 266 g/mol. The molecule has 0 N–H and O–H groups in total. The standard InChI is InChI=1S/C13H16ClN3O2/c14-11-4-3-5-12-13(11)19-9-10(17(12)15-18)8-16-6-1-2-7-16/h3-5,10H,1-2,6-9H2. The van der Waals surface area contributed by atoms with Crippen LogP contribution in [0.15, 0.2) is 23.5 Å². The third-order valence-electron chi connectivity index (χ3n) is 3.71. The molecule has 0 aliphatic carbocycles. The average Bonchev–Trinajstić information content (AvgIpc) is 2.92. The van der Waals surface area contributed by atoms with E-state index in [1.807, 2.05) is 6.07 Å². The molecule has 0 bridgehead atoms. The number of hydrogen-bond acceptors (Lipinski definition) is 4. The summed E-state index contributed by atoms with van der Waals surface area (Å²) in [6.07, 6.45) is 2.45. The van der Waals surface area contributed by atoms with Gasteiger partial charge in [-0.05, 0) is 38.1 Å². The molecule has 102 valence electrons. The number of fused-ring (bicyclic) bond motifs is 1. The number of ether oxygens (including phenoxy) is 1. The number of rotatable bonds is 3. The molecule has 6 heteroatoms. The highest BCUT2D eigenvalue weighted by atomic mass is 35.5. The molecule has 1 saturated heterocycles. The molecular formula is C13H16ClN3O2. The van der Waals surface area contributed by atoms with Crippen molar-refractivity contribution in [2.75, 3.05) is 31.3 Å². The van der Waals surface area contributed by atoms with Gasteiger partial charge in [0.1, 0.15) is 18.3 Å². The summed E-state index contributed by atoms with van der Waals surface area (Å²) in [5, 5.41) is 5.19. The van der Waals surface area contributed by atoms with Gasteiger partial charge in [0, 0.05) is 6.54 Å². The molecule has 0 aromatic heterocycles. The summed E-state index contributed by atoms with van der Waals surface area (Å²) in [5.74, 6) is 0.557. The normalized spacial score (nSPS) is 23.0. The molecule has 1 aromatic rings. The van der Waals surface area contributed by atoms with Crippen LogP contribution in [0.1, 0.15) is 12.8 Å². The molecule has 0 spiro atoms. The van der Waals surface area contributed by atoms with Gasteiger partial charge < -0.3 is 9.64 Å². The van der Waals surface area contributed by atoms with Crippen molar-refractivity contribution in [2.45, 2.75) is 18.9 Å². The van der Waals surface area contributed by atoms with E-state index in [9.17, 15) is 4.91 Å². The minimum Gasteiger partial charge on any atom is -0.487 e. The van der Waals surface area contributed by atoms with E-state index in [1.54, 1.807) is 12.1 Å². The third-order valence-corrected chi connectivity index (χ3v) is 4.01. The second-order valence-electron chi connectivity index (χ2n) is 4.99. The molecule has 5 nitrogen and oxygen atoms in total. The van der Waals surface area contributed by atoms with Crippen LogP contribution in [-0.4, -0.2) is 37.2 Å². The lowest BCUT2D eigenvalue weighted by atomic mass is 10.2. The van der Waals surface area contributed by atoms with Crippen molar-refractivity contribution in [3.63, 3.8) is 0 Å². The van der Waals surface area contributed by atoms with Crippen molar-refractivity contribution >= 4 is 17.3 Å². The third kappa shape index (κ3) is 2.40. The average molecular weight is 282 g/mol. The Morgan fingerprint density at radius 3 is 2.89 bits per heavy atom. The lowest BCUT2D eigenvalue weighted by molar-refractivity contribution is 0.216. The maximum Gasteiger partial charge on any atom is 0.163 e. The predicted molar refractivity (Wildman–Crippen MR) is 74.7 cm³/mol. The number of halogens is 1. The number of benzene rings is 1. The van der Waals surface area contributed by atoms with Crippen LogP contribution in [0.25, 0.3) is 0 Å². The van der Waals surface area contributed by atoms with E-state index in [0.717, 1.165) is 19.6 Å². The van der Waals surface area contributed by atoms with Gasteiger partial charge in [0.05, 0.1) is 10.3 Å². The summed E-state index contributed by atoms with van der Waals surface area (Å²) in [4.78, 5) is 13.5. The second-order valence-corrected chi connectivity index (χ2v) is 5.39. The Kier molecular flexibility index (Phi) is 3.57. The minimum atomic E-state index is -0.0402. The largest absolute Gasteiger partial charge is 0.487 e. The monoisotopic (exact) mass is 281 g/mol. The first-order valence-electron chi connectivity index (χ1n) is 6.56. The zero-order valence-corrected chi connectivity index (χ0v) is 11.3. The molecule has 2 aliphatic heterocycles. The van der Waals surface area contributed by atoms with Crippen molar-refractivity contribution in [3.8, 4) is 5.75 Å². The summed E-state index contributed by atoms with van der Waals surface area (Å²) in [6, 6.07) is 5.34. The quantitative estimate of drug-likeness (QED) is 0.799. The van der Waals surface area contributed by atoms with Gasteiger partial charge in [-0.15, -0.1) is 4.91 Å². The van der Waals surface area contributed by atoms with Crippen molar-refractivity contribution < 1.29 is 4.74 Å². The van der Waals surface area contributed by atoms with Crippen LogP contribution >= 0.6 is 11.6 Å². The fraction of sp³-hybridized carbons (Fsp3) is 0.538. The van der Waals surface area contributed by atoms with Gasteiger partial charge in [0.2, 0.25) is 0 Å². The molecule has 3 rings (SSSR count). The van der Waals surface area contributed by atoms with Crippen LogP contribution in [-0.2, 0) is 0 Å². The lowest BCUT2D eigenvalue weighted by Crippen LogP contribution is -2.46. The van der Waals surface area contributed by atoms with Gasteiger partial charge in [-0.3, -0.25) is 0 Å². The van der Waals surface area contributed by atoms with E-state index in [4.69, 9.17) is 16.3 Å². The SMILES string of the molecule is O=NN1c2cccc(Cl)c2OCC1CN1CCCC1. The first kappa shape index (κ1) is 12.7. The Hall–Kier alpha value is -1.33. The Morgan fingerprint density at radius 2 is 2.16 bits per heavy atom. The molecule has 1 fully saturated rings. The topological polar surface area (TPSA) is 45.1 Å². The summed E-state index contributed by atoms with van der Waals surface area (Å²) in [6.45, 7) is 3.42. The van der Waals surface area contributed by atoms with E-state index < -0.39 is 0 Å². The Labute approximate surface area is 117 Å². The van der Waals surface area contributed by atoms with Gasteiger partial charge in [0.25, 0.3) is 0 Å². The fourth-order valence-electron chi connectivity index (χ4n) is 2.77. The number of likely N-dealkylation sites (tertiary alicyclic amines) is 1. The zero-order valence-electron chi connectivity index (χ0n) is 10.6. The Bertz CT molecular complexity index is 477. The van der Waals surface area contributed by atoms with Crippen LogP contribution in [0.5, 0.6) is 5.75 Å². The van der Waals surface area contributed by atoms with Crippen molar-refractivity contribution in [3.05, 3.63) is 28.1 Å². The molecule has 1 unspecified atom stereocenters. The van der Waals surface area contributed by atoms with E-state index in [1.165, 1.54) is 17.9 Å². The summed E-state index contributed by atoms with van der Waals surface area (Å²) < 4.78 is 5.71. The maximum atomic E-state index is 11.2. The fourth-order valence-corrected chi connectivity index (χ4v) is 3.00. The van der Waals surface area contributed by atoms with Crippen molar-refractivity contribution in [2.24, 2.45) is 5.29 Å². The van der Waals surface area contributed by atoms with Gasteiger partial charge in [-0.2, -0.15) is 0 Å². The highest BCUT2D eigenvalue weighted by Gasteiger charge is 2.32. The molecule has 19 heavy (non-hydrogen) atoms. The van der Waals surface area contributed by atoms with Crippen LogP contribution in [0.2, 0.25) is 5.02 Å². The molecule has 1 atom stereocenters. The maximum absolute atomic E-state index is 11.2. The molecule has 0 amide bonds. The van der Waals surface area contributed by atoms with Crippen molar-refractivity contribution in [1.29, 1.82) is 0 Å². The molecule has 2 heterocycles. The van der Waals surface area contributed by atoms with Crippen LogP contribution in [0.4, 0.5) is 5.69 Å². The predicted octanol–water partition coefficient (Wildman–Crippen LogP) is 2.68. The molecule has 0 radical (unpaired) electrons. The van der Waals surface area contributed by atoms with E-state index in [0.29, 0.717) is 23.1 Å². The molecule has 0 saturated carbocycles. The summed E-state index contributed by atoms with van der Waals surface area (Å²) >= 11 is 6.08. The minimum absolute atomic E-state index is 0.0402. The molecule has 2 aliphatic rings. The highest BCUT2D eigenvalue weighted by Crippen LogP contribution is 2.39. The van der Waals surface area contributed by atoms with Crippen molar-refractivity contribution in [1.82, 2.24) is 4.90 Å². The molecule has 1 aromatic carbocycles. The number of para-hydroxylation sites is 1. The van der Waals surface area contributed by atoms with Crippen LogP contribution in [0.3, 0.4) is 0 Å². The number of anilines is 1. The Balaban J connectivity index is 1.82. The summed E-state index contributed by atoms with van der Waals surface area (Å²) in [5.41, 5.74) is 0.665. The van der Waals surface area contributed by atoms with Gasteiger partial charge in [-0.25, -0.2) is 5.01 Å². The van der Waals surface area contributed by atoms with E-state index >= 15 is 0 Å². The zero-order chi connectivity index (χ0) is 13.2. The van der Waals surface area contributed by atoms with Crippen LogP contribution < -0.4 is 9.75 Å². The van der Waals surface area contributed by atoms with E-state index in [2.05, 4.69) is 10.2 Å².